The van der Waals surface area contributed by atoms with Crippen molar-refractivity contribution in [2.24, 2.45) is 5.92 Å². The minimum Gasteiger partial charge on any atom is -0.192 e. The number of hydrogen-bond acceptors (Lipinski definition) is 1. The Morgan fingerprint density at radius 3 is 2.00 bits per heavy atom. The van der Waals surface area contributed by atoms with Crippen LogP contribution in [-0.2, 0) is 6.42 Å². The highest BCUT2D eigenvalue weighted by molar-refractivity contribution is 5.64. The molecule has 102 valence electrons. The van der Waals surface area contributed by atoms with Crippen LogP contribution >= 0.6 is 0 Å². The summed E-state index contributed by atoms with van der Waals surface area (Å²) in [6.07, 6.45) is 3.67. The average Bonchev–Trinajstić information content (AvgIpc) is 2.53. The molecule has 0 saturated heterocycles. The van der Waals surface area contributed by atoms with Crippen molar-refractivity contribution in [3.05, 3.63) is 59.7 Å². The number of hydrogen-bond donors (Lipinski definition) is 0. The van der Waals surface area contributed by atoms with Crippen LogP contribution in [-0.4, -0.2) is 0 Å². The van der Waals surface area contributed by atoms with Crippen molar-refractivity contribution < 1.29 is 0 Å². The van der Waals surface area contributed by atoms with E-state index in [1.807, 2.05) is 24.3 Å². The van der Waals surface area contributed by atoms with E-state index < -0.39 is 0 Å². The van der Waals surface area contributed by atoms with Crippen LogP contribution in [0.25, 0.3) is 11.1 Å². The lowest BCUT2D eigenvalue weighted by atomic mass is 9.97. The summed E-state index contributed by atoms with van der Waals surface area (Å²) in [7, 11) is 0. The topological polar surface area (TPSA) is 23.8 Å². The predicted octanol–water partition coefficient (Wildman–Crippen LogP) is 5.20. The first-order chi connectivity index (χ1) is 9.72. The molecule has 0 aromatic heterocycles. The molecule has 2 aromatic carbocycles. The molecule has 0 radical (unpaired) electrons. The lowest BCUT2D eigenvalue weighted by Crippen LogP contribution is -1.95. The minimum atomic E-state index is 0.707. The van der Waals surface area contributed by atoms with Gasteiger partial charge in [-0.25, -0.2) is 0 Å². The van der Waals surface area contributed by atoms with Crippen molar-refractivity contribution in [2.75, 3.05) is 0 Å². The molecular weight excluding hydrogens is 242 g/mol. The Balaban J connectivity index is 2.05. The third-order valence-electron chi connectivity index (χ3n) is 3.92. The molecule has 0 fully saturated rings. The first-order valence-corrected chi connectivity index (χ1v) is 7.32. The van der Waals surface area contributed by atoms with Crippen LogP contribution in [0.15, 0.2) is 48.5 Å². The van der Waals surface area contributed by atoms with Gasteiger partial charge < -0.3 is 0 Å². The summed E-state index contributed by atoms with van der Waals surface area (Å²) in [5.41, 5.74) is 4.49. The summed E-state index contributed by atoms with van der Waals surface area (Å²) >= 11 is 0. The zero-order chi connectivity index (χ0) is 14.4. The second-order valence-electron chi connectivity index (χ2n) is 5.44. The Morgan fingerprint density at radius 2 is 1.50 bits per heavy atom. The van der Waals surface area contributed by atoms with Gasteiger partial charge in [0.1, 0.15) is 0 Å². The highest BCUT2D eigenvalue weighted by Gasteiger charge is 2.02. The zero-order valence-electron chi connectivity index (χ0n) is 12.3. The van der Waals surface area contributed by atoms with Crippen molar-refractivity contribution in [3.63, 3.8) is 0 Å². The van der Waals surface area contributed by atoms with Gasteiger partial charge in [-0.1, -0.05) is 56.7 Å². The molecule has 20 heavy (non-hydrogen) atoms. The Morgan fingerprint density at radius 1 is 0.950 bits per heavy atom. The van der Waals surface area contributed by atoms with E-state index in [1.165, 1.54) is 24.0 Å². The predicted molar refractivity (Wildman–Crippen MR) is 84.4 cm³/mol. The summed E-state index contributed by atoms with van der Waals surface area (Å²) in [5.74, 6) is 0.799. The van der Waals surface area contributed by atoms with Gasteiger partial charge in [0.25, 0.3) is 0 Å². The summed E-state index contributed by atoms with van der Waals surface area (Å²) in [6, 6.07) is 18.7. The van der Waals surface area contributed by atoms with Gasteiger partial charge in [-0.2, -0.15) is 5.26 Å². The quantitative estimate of drug-likeness (QED) is 0.727. The summed E-state index contributed by atoms with van der Waals surface area (Å²) in [6.45, 7) is 4.56. The number of rotatable bonds is 5. The van der Waals surface area contributed by atoms with E-state index in [2.05, 4.69) is 44.2 Å². The maximum absolute atomic E-state index is 8.81. The molecule has 2 aromatic rings. The Bertz CT molecular complexity index is 573. The van der Waals surface area contributed by atoms with Crippen molar-refractivity contribution in [2.45, 2.75) is 33.1 Å². The second-order valence-corrected chi connectivity index (χ2v) is 5.44. The maximum Gasteiger partial charge on any atom is 0.0991 e. The average molecular weight is 263 g/mol. The molecule has 0 saturated carbocycles. The summed E-state index contributed by atoms with van der Waals surface area (Å²) in [4.78, 5) is 0. The van der Waals surface area contributed by atoms with Gasteiger partial charge in [0.15, 0.2) is 0 Å². The van der Waals surface area contributed by atoms with Crippen LogP contribution in [0.1, 0.15) is 37.8 Å². The maximum atomic E-state index is 8.81. The molecule has 0 aliphatic carbocycles. The van der Waals surface area contributed by atoms with E-state index in [-0.39, 0.29) is 0 Å². The van der Waals surface area contributed by atoms with Crippen molar-refractivity contribution in [1.29, 1.82) is 5.26 Å². The van der Waals surface area contributed by atoms with Crippen LogP contribution in [0.4, 0.5) is 0 Å². The van der Waals surface area contributed by atoms with Crippen molar-refractivity contribution in [3.8, 4) is 17.2 Å². The smallest absolute Gasteiger partial charge is 0.0991 e. The standard InChI is InChI=1S/C19H21N/c1-3-15(2)4-5-16-6-10-18(11-7-16)19-12-8-17(14-20)9-13-19/h6-13,15H,3-5H2,1-2H3. The summed E-state index contributed by atoms with van der Waals surface area (Å²) < 4.78 is 0. The molecule has 0 aliphatic rings. The van der Waals surface area contributed by atoms with Gasteiger partial charge in [0.05, 0.1) is 11.6 Å². The molecule has 1 atom stereocenters. The van der Waals surface area contributed by atoms with E-state index in [0.717, 1.165) is 17.9 Å². The van der Waals surface area contributed by atoms with Crippen LogP contribution in [0.5, 0.6) is 0 Å². The molecule has 2 rings (SSSR count). The summed E-state index contributed by atoms with van der Waals surface area (Å²) in [5, 5.41) is 8.81. The number of nitrogens with zero attached hydrogens (tertiary/aromatic N) is 1. The molecule has 1 unspecified atom stereocenters. The largest absolute Gasteiger partial charge is 0.192 e. The Kier molecular flexibility index (Phi) is 4.96. The van der Waals surface area contributed by atoms with Crippen molar-refractivity contribution >= 4 is 0 Å². The van der Waals surface area contributed by atoms with Gasteiger partial charge in [-0.05, 0) is 47.6 Å². The van der Waals surface area contributed by atoms with E-state index in [4.69, 9.17) is 5.26 Å². The number of aryl methyl sites for hydroxylation is 1. The minimum absolute atomic E-state index is 0.707. The fraction of sp³-hybridized carbons (Fsp3) is 0.316. The number of benzene rings is 2. The Labute approximate surface area is 121 Å². The van der Waals surface area contributed by atoms with Crippen molar-refractivity contribution in [1.82, 2.24) is 0 Å². The monoisotopic (exact) mass is 263 g/mol. The van der Waals surface area contributed by atoms with Crippen LogP contribution in [0.2, 0.25) is 0 Å². The van der Waals surface area contributed by atoms with Gasteiger partial charge in [0.2, 0.25) is 0 Å². The molecule has 0 spiro atoms. The molecule has 1 nitrogen and oxygen atoms in total. The Hall–Kier alpha value is -2.07. The van der Waals surface area contributed by atoms with E-state index >= 15 is 0 Å². The third-order valence-corrected chi connectivity index (χ3v) is 3.92. The van der Waals surface area contributed by atoms with Crippen LogP contribution in [0.3, 0.4) is 0 Å². The first kappa shape index (κ1) is 14.3. The van der Waals surface area contributed by atoms with Gasteiger partial charge >= 0.3 is 0 Å². The number of nitriles is 1. The highest BCUT2D eigenvalue weighted by atomic mass is 14.2. The fourth-order valence-corrected chi connectivity index (χ4v) is 2.22. The SMILES string of the molecule is CCC(C)CCc1ccc(-c2ccc(C#N)cc2)cc1. The normalized spacial score (nSPS) is 11.8. The molecule has 0 aliphatic heterocycles. The lowest BCUT2D eigenvalue weighted by molar-refractivity contribution is 0.516. The van der Waals surface area contributed by atoms with E-state index in [0.29, 0.717) is 5.56 Å². The highest BCUT2D eigenvalue weighted by Crippen LogP contribution is 2.21. The van der Waals surface area contributed by atoms with E-state index in [9.17, 15) is 0 Å². The molecule has 1 heteroatoms. The molecule has 0 amide bonds. The van der Waals surface area contributed by atoms with Gasteiger partial charge in [-0.3, -0.25) is 0 Å². The zero-order valence-corrected chi connectivity index (χ0v) is 12.3. The first-order valence-electron chi connectivity index (χ1n) is 7.32. The van der Waals surface area contributed by atoms with Crippen LogP contribution in [0, 0.1) is 17.2 Å². The molecule has 0 heterocycles. The van der Waals surface area contributed by atoms with Gasteiger partial charge in [-0.15, -0.1) is 0 Å². The fourth-order valence-electron chi connectivity index (χ4n) is 2.22. The lowest BCUT2D eigenvalue weighted by Gasteiger charge is -2.08. The third kappa shape index (κ3) is 3.71. The molecular formula is C19H21N. The molecule has 0 N–H and O–H groups in total. The second kappa shape index (κ2) is 6.91. The van der Waals surface area contributed by atoms with E-state index in [1.54, 1.807) is 0 Å². The molecule has 0 bridgehead atoms. The van der Waals surface area contributed by atoms with Gasteiger partial charge in [0, 0.05) is 0 Å². The van der Waals surface area contributed by atoms with Crippen LogP contribution < -0.4 is 0 Å².